The molecule has 0 aromatic heterocycles. The fraction of sp³-hybridized carbons (Fsp3) is 0.316. The fourth-order valence-electron chi connectivity index (χ4n) is 18.1. The molecule has 3 unspecified atom stereocenters. The van der Waals surface area contributed by atoms with Crippen molar-refractivity contribution in [1.82, 2.24) is 0 Å². The summed E-state index contributed by atoms with van der Waals surface area (Å²) < 4.78 is 0. The first-order chi connectivity index (χ1) is 39.5. The molecule has 9 aromatic rings. The van der Waals surface area contributed by atoms with Gasteiger partial charge in [-0.2, -0.15) is 0 Å². The molecule has 3 aliphatic carbocycles. The summed E-state index contributed by atoms with van der Waals surface area (Å²) in [6.07, 6.45) is 4.83. The van der Waals surface area contributed by atoms with Crippen molar-refractivity contribution in [2.75, 3.05) is 14.7 Å². The zero-order valence-corrected chi connectivity index (χ0v) is 51.4. The van der Waals surface area contributed by atoms with E-state index in [0.717, 1.165) is 6.42 Å². The zero-order chi connectivity index (χ0) is 57.4. The molecule has 7 aliphatic rings. The van der Waals surface area contributed by atoms with Crippen molar-refractivity contribution in [2.24, 2.45) is 0 Å². The monoisotopic (exact) mass is 1080 g/mol. The lowest BCUT2D eigenvalue weighted by molar-refractivity contribution is 0.195. The van der Waals surface area contributed by atoms with Crippen LogP contribution in [0.3, 0.4) is 0 Å². The Hall–Kier alpha value is -7.56. The summed E-state index contributed by atoms with van der Waals surface area (Å²) in [6.45, 7) is 34.2. The molecular formula is C79H78BN3. The van der Waals surface area contributed by atoms with E-state index < -0.39 is 5.41 Å². The molecule has 3 nitrogen and oxygen atoms in total. The van der Waals surface area contributed by atoms with E-state index in [-0.39, 0.29) is 39.3 Å². The summed E-state index contributed by atoms with van der Waals surface area (Å²) in [7, 11) is 0. The van der Waals surface area contributed by atoms with E-state index in [2.05, 4.69) is 281 Å². The molecule has 0 radical (unpaired) electrons. The van der Waals surface area contributed by atoms with Gasteiger partial charge in [0.15, 0.2) is 0 Å². The summed E-state index contributed by atoms with van der Waals surface area (Å²) in [5, 5.41) is 0. The molecule has 0 spiro atoms. The Bertz CT molecular complexity index is 4340. The van der Waals surface area contributed by atoms with Crippen LogP contribution in [0.2, 0.25) is 0 Å². The Morgan fingerprint density at radius 1 is 0.422 bits per heavy atom. The molecule has 3 atom stereocenters. The van der Waals surface area contributed by atoms with Gasteiger partial charge in [-0.25, -0.2) is 0 Å². The van der Waals surface area contributed by atoms with Crippen LogP contribution >= 0.6 is 0 Å². The highest BCUT2D eigenvalue weighted by Gasteiger charge is 2.59. The normalized spacial score (nSPS) is 22.1. The topological polar surface area (TPSA) is 9.72 Å². The van der Waals surface area contributed by atoms with E-state index in [4.69, 9.17) is 0 Å². The molecule has 0 N–H and O–H groups in total. The lowest BCUT2D eigenvalue weighted by Crippen LogP contribution is -2.63. The predicted molar refractivity (Wildman–Crippen MR) is 353 cm³/mol. The summed E-state index contributed by atoms with van der Waals surface area (Å²) in [5.41, 5.74) is 34.2. The van der Waals surface area contributed by atoms with Gasteiger partial charge in [0.05, 0.1) is 16.9 Å². The summed E-state index contributed by atoms with van der Waals surface area (Å²) in [4.78, 5) is 8.35. The van der Waals surface area contributed by atoms with Crippen LogP contribution in [-0.4, -0.2) is 12.3 Å². The number of anilines is 8. The van der Waals surface area contributed by atoms with Gasteiger partial charge in [0.1, 0.15) is 0 Å². The summed E-state index contributed by atoms with van der Waals surface area (Å²) in [5.74, 6) is 0. The SMILES string of the molecule is Cc1cc2c3c4c1C1(C)c5ccccc5-c5cccc(c51)N4c1cc(N4c5ccc(C(C)(C)C)cc5C5(C)CCCCC45C)ccc1B3c1cc3c(cc1N2c1ccc(C(C)(C)C)cc1-c1ccccc1)C(C)(C)c1ccccc1C3(C)C. The van der Waals surface area contributed by atoms with E-state index in [0.29, 0.717) is 0 Å². The van der Waals surface area contributed by atoms with Gasteiger partial charge in [-0.05, 0) is 187 Å². The quantitative estimate of drug-likeness (QED) is 0.163. The second-order valence-electron chi connectivity index (χ2n) is 29.8. The summed E-state index contributed by atoms with van der Waals surface area (Å²) in [6, 6.07) is 67.8. The Kier molecular flexibility index (Phi) is 10.1. The highest BCUT2D eigenvalue weighted by molar-refractivity contribution is 7.00. The van der Waals surface area contributed by atoms with E-state index >= 15 is 0 Å². The number of benzene rings is 9. The molecule has 1 fully saturated rings. The molecule has 16 rings (SSSR count). The van der Waals surface area contributed by atoms with Gasteiger partial charge in [-0.15, -0.1) is 0 Å². The Balaban J connectivity index is 1.04. The van der Waals surface area contributed by atoms with Crippen molar-refractivity contribution in [3.05, 3.63) is 231 Å². The third kappa shape index (κ3) is 6.38. The van der Waals surface area contributed by atoms with Crippen molar-refractivity contribution in [1.29, 1.82) is 0 Å². The van der Waals surface area contributed by atoms with Crippen LogP contribution in [0.25, 0.3) is 22.3 Å². The number of rotatable bonds is 3. The number of hydrogen-bond donors (Lipinski definition) is 0. The molecule has 0 amide bonds. The second kappa shape index (κ2) is 16.4. The van der Waals surface area contributed by atoms with Gasteiger partial charge in [0.2, 0.25) is 0 Å². The smallest absolute Gasteiger partial charge is 0.252 e. The van der Waals surface area contributed by atoms with E-state index in [1.54, 1.807) is 0 Å². The number of fused-ring (bicyclic) bond motifs is 15. The first-order valence-corrected chi connectivity index (χ1v) is 31.1. The Morgan fingerprint density at radius 3 is 1.75 bits per heavy atom. The fourth-order valence-corrected chi connectivity index (χ4v) is 18.1. The van der Waals surface area contributed by atoms with Gasteiger partial charge in [-0.3, -0.25) is 0 Å². The van der Waals surface area contributed by atoms with Crippen LogP contribution < -0.4 is 31.1 Å². The van der Waals surface area contributed by atoms with Crippen LogP contribution in [-0.2, 0) is 32.5 Å². The highest BCUT2D eigenvalue weighted by atomic mass is 15.3. The maximum Gasteiger partial charge on any atom is 0.252 e. The number of nitrogens with zero attached hydrogens (tertiary/aromatic N) is 3. The van der Waals surface area contributed by atoms with Crippen molar-refractivity contribution < 1.29 is 0 Å². The van der Waals surface area contributed by atoms with Gasteiger partial charge in [-0.1, -0.05) is 210 Å². The molecule has 4 heterocycles. The standard InChI is InChI=1S/C79H78BN3/c1-47-41-68-71-72-69(47)79(14)55-29-19-18-27-52(55)53-28-24-32-65(70(53)79)82(72)66-44-51(83-64-38-34-50(74(5,6)7)43-60(64)77(12)39-22-23-40-78(77,83)13)35-36-61(66)80(71)62-45-58-59(76(10,11)57-31-21-20-30-56(57)75(58,8)9)46-67(62)81(68)63-37-33-49(73(2,3)4)42-54(63)48-25-16-15-17-26-48/h15-21,24-38,41-46H,22-23,39-40H2,1-14H3. The number of hydrogen-bond acceptors (Lipinski definition) is 3. The summed E-state index contributed by atoms with van der Waals surface area (Å²) >= 11 is 0. The van der Waals surface area contributed by atoms with Crippen LogP contribution in [0.5, 0.6) is 0 Å². The van der Waals surface area contributed by atoms with Crippen LogP contribution in [0.15, 0.2) is 170 Å². The second-order valence-corrected chi connectivity index (χ2v) is 29.8. The van der Waals surface area contributed by atoms with Gasteiger partial charge < -0.3 is 14.7 Å². The van der Waals surface area contributed by atoms with E-state index in [1.807, 2.05) is 0 Å². The number of aryl methyl sites for hydroxylation is 1. The van der Waals surface area contributed by atoms with Crippen molar-refractivity contribution in [3.63, 3.8) is 0 Å². The lowest BCUT2D eigenvalue weighted by Gasteiger charge is -2.52. The largest absolute Gasteiger partial charge is 0.334 e. The maximum absolute atomic E-state index is 2.83. The van der Waals surface area contributed by atoms with Crippen molar-refractivity contribution >= 4 is 68.6 Å². The Labute approximate surface area is 494 Å². The van der Waals surface area contributed by atoms with Crippen LogP contribution in [0.4, 0.5) is 45.5 Å². The van der Waals surface area contributed by atoms with Crippen molar-refractivity contribution in [2.45, 2.75) is 161 Å². The molecule has 412 valence electrons. The van der Waals surface area contributed by atoms with Crippen molar-refractivity contribution in [3.8, 4) is 22.3 Å². The molecule has 4 aliphatic heterocycles. The minimum Gasteiger partial charge on any atom is -0.334 e. The van der Waals surface area contributed by atoms with E-state index in [9.17, 15) is 0 Å². The molecule has 0 bridgehead atoms. The van der Waals surface area contributed by atoms with Gasteiger partial charge >= 0.3 is 0 Å². The maximum atomic E-state index is 2.83. The molecule has 1 saturated carbocycles. The first-order valence-electron chi connectivity index (χ1n) is 31.1. The average Bonchev–Trinajstić information content (AvgIpc) is 1.86. The third-order valence-corrected chi connectivity index (χ3v) is 22.6. The minimum absolute atomic E-state index is 0.00373. The first kappa shape index (κ1) is 51.1. The molecular weight excluding hydrogens is 1000 g/mol. The lowest BCUT2D eigenvalue weighted by atomic mass is 9.32. The van der Waals surface area contributed by atoms with Gasteiger partial charge in [0.25, 0.3) is 6.71 Å². The average molecular weight is 1080 g/mol. The van der Waals surface area contributed by atoms with Gasteiger partial charge in [0, 0.05) is 61.3 Å². The Morgan fingerprint density at radius 2 is 1.04 bits per heavy atom. The predicted octanol–water partition coefficient (Wildman–Crippen LogP) is 18.7. The van der Waals surface area contributed by atoms with Crippen LogP contribution in [0.1, 0.15) is 177 Å². The highest BCUT2D eigenvalue weighted by Crippen LogP contribution is 2.66. The molecule has 83 heavy (non-hydrogen) atoms. The molecule has 4 heteroatoms. The third-order valence-electron chi connectivity index (χ3n) is 22.6. The minimum atomic E-state index is -0.399. The van der Waals surface area contributed by atoms with Crippen LogP contribution in [0, 0.1) is 6.92 Å². The molecule has 9 aromatic carbocycles. The molecule has 0 saturated heterocycles. The van der Waals surface area contributed by atoms with E-state index in [1.165, 1.54) is 165 Å². The zero-order valence-electron chi connectivity index (χ0n) is 51.4.